The van der Waals surface area contributed by atoms with Crippen LogP contribution in [0, 0.1) is 0 Å². The zero-order valence-electron chi connectivity index (χ0n) is 11.4. The summed E-state index contributed by atoms with van der Waals surface area (Å²) >= 11 is 0. The molecule has 0 amide bonds. The van der Waals surface area contributed by atoms with Gasteiger partial charge in [0, 0.05) is 25.3 Å². The highest BCUT2D eigenvalue weighted by atomic mass is 16.5. The van der Waals surface area contributed by atoms with Gasteiger partial charge in [0.1, 0.15) is 5.75 Å². The standard InChI is InChI=1S/C13H16N4O3/c1-16(10-4-3-5-11(8-10)20-2)6-7-17-9-12(13(18)19)14-15-17/h3-5,8-9H,6-7H2,1-2H3,(H,18,19). The maximum atomic E-state index is 10.7. The number of hydrogen-bond donors (Lipinski definition) is 1. The van der Waals surface area contributed by atoms with Gasteiger partial charge < -0.3 is 14.7 Å². The molecule has 1 N–H and O–H groups in total. The third-order valence-electron chi connectivity index (χ3n) is 2.92. The van der Waals surface area contributed by atoms with E-state index in [9.17, 15) is 4.79 Å². The first-order valence-electron chi connectivity index (χ1n) is 6.09. The van der Waals surface area contributed by atoms with E-state index in [-0.39, 0.29) is 5.69 Å². The predicted molar refractivity (Wildman–Crippen MR) is 73.2 cm³/mol. The summed E-state index contributed by atoms with van der Waals surface area (Å²) < 4.78 is 6.69. The zero-order valence-corrected chi connectivity index (χ0v) is 11.4. The molecule has 2 rings (SSSR count). The molecule has 2 aromatic rings. The Morgan fingerprint density at radius 1 is 1.50 bits per heavy atom. The predicted octanol–water partition coefficient (Wildman–Crippen LogP) is 1.12. The Hall–Kier alpha value is -2.57. The van der Waals surface area contributed by atoms with Gasteiger partial charge in [-0.05, 0) is 12.1 Å². The summed E-state index contributed by atoms with van der Waals surface area (Å²) in [5.74, 6) is -0.277. The van der Waals surface area contributed by atoms with Gasteiger partial charge >= 0.3 is 5.97 Å². The highest BCUT2D eigenvalue weighted by Gasteiger charge is 2.09. The number of hydrogen-bond acceptors (Lipinski definition) is 5. The lowest BCUT2D eigenvalue weighted by molar-refractivity contribution is 0.0690. The average molecular weight is 276 g/mol. The number of carboxylic acids is 1. The van der Waals surface area contributed by atoms with Crippen molar-refractivity contribution in [2.45, 2.75) is 6.54 Å². The summed E-state index contributed by atoms with van der Waals surface area (Å²) in [5, 5.41) is 16.1. The fourth-order valence-electron chi connectivity index (χ4n) is 1.74. The van der Waals surface area contributed by atoms with Crippen LogP contribution in [-0.4, -0.2) is 46.8 Å². The lowest BCUT2D eigenvalue weighted by Crippen LogP contribution is -2.22. The molecule has 20 heavy (non-hydrogen) atoms. The van der Waals surface area contributed by atoms with Gasteiger partial charge in [0.2, 0.25) is 0 Å². The van der Waals surface area contributed by atoms with Crippen LogP contribution in [-0.2, 0) is 6.54 Å². The molecule has 1 aromatic carbocycles. The molecule has 1 aromatic heterocycles. The molecule has 0 aliphatic carbocycles. The Morgan fingerprint density at radius 2 is 2.30 bits per heavy atom. The van der Waals surface area contributed by atoms with Crippen LogP contribution in [0.25, 0.3) is 0 Å². The van der Waals surface area contributed by atoms with Gasteiger partial charge in [0.15, 0.2) is 5.69 Å². The maximum Gasteiger partial charge on any atom is 0.358 e. The molecule has 0 bridgehead atoms. The van der Waals surface area contributed by atoms with Gasteiger partial charge in [-0.15, -0.1) is 5.10 Å². The number of benzene rings is 1. The minimum Gasteiger partial charge on any atom is -0.497 e. The van der Waals surface area contributed by atoms with Crippen LogP contribution in [0.1, 0.15) is 10.5 Å². The molecule has 106 valence electrons. The average Bonchev–Trinajstić information content (AvgIpc) is 2.94. The second-order valence-corrected chi connectivity index (χ2v) is 4.30. The van der Waals surface area contributed by atoms with Crippen LogP contribution >= 0.6 is 0 Å². The number of aromatic carboxylic acids is 1. The van der Waals surface area contributed by atoms with E-state index in [1.165, 1.54) is 10.9 Å². The summed E-state index contributed by atoms with van der Waals surface area (Å²) in [6.07, 6.45) is 1.42. The summed E-state index contributed by atoms with van der Waals surface area (Å²) in [6, 6.07) is 7.72. The number of ether oxygens (including phenoxy) is 1. The number of nitrogens with zero attached hydrogens (tertiary/aromatic N) is 4. The van der Waals surface area contributed by atoms with E-state index >= 15 is 0 Å². The van der Waals surface area contributed by atoms with Gasteiger partial charge in [0.25, 0.3) is 0 Å². The molecule has 0 spiro atoms. The number of carbonyl (C=O) groups is 1. The van der Waals surface area contributed by atoms with Gasteiger partial charge in [-0.3, -0.25) is 0 Å². The van der Waals surface area contributed by atoms with Crippen molar-refractivity contribution in [2.24, 2.45) is 0 Å². The second kappa shape index (κ2) is 6.05. The van der Waals surface area contributed by atoms with Crippen molar-refractivity contribution in [3.05, 3.63) is 36.2 Å². The minimum atomic E-state index is -1.07. The number of methoxy groups -OCH3 is 1. The van der Waals surface area contributed by atoms with Crippen molar-refractivity contribution in [3.8, 4) is 5.75 Å². The van der Waals surface area contributed by atoms with Crippen LogP contribution < -0.4 is 9.64 Å². The fourth-order valence-corrected chi connectivity index (χ4v) is 1.74. The number of aromatic nitrogens is 3. The molecule has 0 aliphatic heterocycles. The summed E-state index contributed by atoms with van der Waals surface area (Å²) in [5.41, 5.74) is 0.969. The monoisotopic (exact) mass is 276 g/mol. The van der Waals surface area contributed by atoms with Crippen molar-refractivity contribution >= 4 is 11.7 Å². The van der Waals surface area contributed by atoms with E-state index in [1.807, 2.05) is 36.2 Å². The molecule has 0 radical (unpaired) electrons. The SMILES string of the molecule is COc1cccc(N(C)CCn2cc(C(=O)O)nn2)c1. The quantitative estimate of drug-likeness (QED) is 0.851. The first-order valence-corrected chi connectivity index (χ1v) is 6.09. The van der Waals surface area contributed by atoms with Gasteiger partial charge in [0.05, 0.1) is 19.9 Å². The molecule has 7 nitrogen and oxygen atoms in total. The topological polar surface area (TPSA) is 80.5 Å². The van der Waals surface area contributed by atoms with E-state index < -0.39 is 5.97 Å². The maximum absolute atomic E-state index is 10.7. The first-order chi connectivity index (χ1) is 9.60. The first kappa shape index (κ1) is 13.9. The fraction of sp³-hybridized carbons (Fsp3) is 0.308. The molecule has 0 saturated heterocycles. The third-order valence-corrected chi connectivity index (χ3v) is 2.92. The van der Waals surface area contributed by atoms with E-state index in [0.717, 1.165) is 11.4 Å². The van der Waals surface area contributed by atoms with E-state index in [2.05, 4.69) is 10.3 Å². The van der Waals surface area contributed by atoms with Crippen molar-refractivity contribution in [2.75, 3.05) is 25.6 Å². The summed E-state index contributed by atoms with van der Waals surface area (Å²) in [6.45, 7) is 1.23. The van der Waals surface area contributed by atoms with E-state index in [4.69, 9.17) is 9.84 Å². The van der Waals surface area contributed by atoms with Gasteiger partial charge in [-0.2, -0.15) is 0 Å². The van der Waals surface area contributed by atoms with Crippen LogP contribution in [0.5, 0.6) is 5.75 Å². The summed E-state index contributed by atoms with van der Waals surface area (Å²) in [4.78, 5) is 12.7. The minimum absolute atomic E-state index is 0.0472. The third kappa shape index (κ3) is 3.25. The Balaban J connectivity index is 1.96. The Morgan fingerprint density at radius 3 is 2.95 bits per heavy atom. The smallest absolute Gasteiger partial charge is 0.358 e. The number of carboxylic acid groups (broad SMARTS) is 1. The number of rotatable bonds is 6. The molecule has 0 unspecified atom stereocenters. The summed E-state index contributed by atoms with van der Waals surface area (Å²) in [7, 11) is 3.58. The molecule has 1 heterocycles. The van der Waals surface area contributed by atoms with Crippen LogP contribution in [0.15, 0.2) is 30.5 Å². The van der Waals surface area contributed by atoms with Crippen molar-refractivity contribution in [3.63, 3.8) is 0 Å². The van der Waals surface area contributed by atoms with Gasteiger partial charge in [-0.1, -0.05) is 11.3 Å². The van der Waals surface area contributed by atoms with Crippen LogP contribution in [0.3, 0.4) is 0 Å². The van der Waals surface area contributed by atoms with Crippen LogP contribution in [0.2, 0.25) is 0 Å². The van der Waals surface area contributed by atoms with Crippen LogP contribution in [0.4, 0.5) is 5.69 Å². The number of anilines is 1. The molecular formula is C13H16N4O3. The molecule has 0 aliphatic rings. The lowest BCUT2D eigenvalue weighted by atomic mass is 10.3. The Bertz CT molecular complexity index is 597. The van der Waals surface area contributed by atoms with E-state index in [0.29, 0.717) is 13.1 Å². The Labute approximate surface area is 116 Å². The molecule has 7 heteroatoms. The molecule has 0 saturated carbocycles. The van der Waals surface area contributed by atoms with Crippen molar-refractivity contribution in [1.29, 1.82) is 0 Å². The second-order valence-electron chi connectivity index (χ2n) is 4.30. The Kier molecular flexibility index (Phi) is 4.19. The van der Waals surface area contributed by atoms with E-state index in [1.54, 1.807) is 7.11 Å². The molecule has 0 atom stereocenters. The largest absolute Gasteiger partial charge is 0.497 e. The highest BCUT2D eigenvalue weighted by molar-refractivity contribution is 5.84. The van der Waals surface area contributed by atoms with Crippen molar-refractivity contribution < 1.29 is 14.6 Å². The molecule has 0 fully saturated rings. The highest BCUT2D eigenvalue weighted by Crippen LogP contribution is 2.19. The lowest BCUT2D eigenvalue weighted by Gasteiger charge is -2.19. The normalized spacial score (nSPS) is 10.3. The zero-order chi connectivity index (χ0) is 14.5. The molecular weight excluding hydrogens is 260 g/mol. The van der Waals surface area contributed by atoms with Crippen molar-refractivity contribution in [1.82, 2.24) is 15.0 Å². The van der Waals surface area contributed by atoms with Gasteiger partial charge in [-0.25, -0.2) is 9.48 Å². The number of likely N-dealkylation sites (N-methyl/N-ethyl adjacent to an activating group) is 1.